The zero-order valence-electron chi connectivity index (χ0n) is 21.6. The maximum Gasteiger partial charge on any atom is 0.142 e. The van der Waals surface area contributed by atoms with E-state index in [-0.39, 0.29) is 23.3 Å². The van der Waals surface area contributed by atoms with Gasteiger partial charge in [-0.3, -0.25) is 24.9 Å². The molecule has 0 saturated carbocycles. The van der Waals surface area contributed by atoms with Crippen molar-refractivity contribution in [2.45, 2.75) is 33.2 Å². The predicted octanol–water partition coefficient (Wildman–Crippen LogP) is 3.09. The molecular formula is C27H35N7O3. The van der Waals surface area contributed by atoms with Crippen LogP contribution in [0.15, 0.2) is 56.1 Å². The van der Waals surface area contributed by atoms with Gasteiger partial charge in [-0.05, 0) is 57.5 Å². The van der Waals surface area contributed by atoms with E-state index in [9.17, 15) is 15.3 Å². The summed E-state index contributed by atoms with van der Waals surface area (Å²) in [7, 11) is 0. The second-order valence-corrected chi connectivity index (χ2v) is 8.85. The van der Waals surface area contributed by atoms with E-state index < -0.39 is 0 Å². The molecule has 2 aromatic heterocycles. The van der Waals surface area contributed by atoms with Crippen molar-refractivity contribution in [3.05, 3.63) is 58.9 Å². The molecule has 3 rings (SSSR count). The standard InChI is InChI=1S/C27H35N7O3/c1-19-4-7-25(35)22(31-19)16-28-10-13-34(14-11-29-17-23-26(36)8-5-20(2)32-23)15-12-30-18-24-27(37)9-6-21(3)33-24/h4-5,7-9,16-18,21,35-37H,6,10-15H2,1-3H3/b28-16+,29-17+,30-18+. The second-order valence-electron chi connectivity index (χ2n) is 8.85. The van der Waals surface area contributed by atoms with Crippen LogP contribution in [0.3, 0.4) is 0 Å². The second kappa shape index (κ2) is 14.0. The summed E-state index contributed by atoms with van der Waals surface area (Å²) in [6.07, 6.45) is 7.28. The minimum absolute atomic E-state index is 0.0974. The summed E-state index contributed by atoms with van der Waals surface area (Å²) in [6, 6.07) is 6.84. The molecule has 1 unspecified atom stereocenters. The molecule has 0 saturated heterocycles. The van der Waals surface area contributed by atoms with Gasteiger partial charge in [0, 0.05) is 31.0 Å². The van der Waals surface area contributed by atoms with Gasteiger partial charge in [-0.2, -0.15) is 0 Å². The molecule has 1 atom stereocenters. The van der Waals surface area contributed by atoms with Crippen LogP contribution in [-0.4, -0.2) is 99.9 Å². The monoisotopic (exact) mass is 505 g/mol. The number of aryl methyl sites for hydroxylation is 2. The molecular weight excluding hydrogens is 470 g/mol. The number of aliphatic imine (C=N–C) groups is 4. The van der Waals surface area contributed by atoms with Crippen LogP contribution < -0.4 is 0 Å². The van der Waals surface area contributed by atoms with E-state index in [0.29, 0.717) is 56.4 Å². The quantitative estimate of drug-likeness (QED) is 0.379. The number of aliphatic hydroxyl groups excluding tert-OH is 1. The number of rotatable bonds is 12. The molecule has 0 fully saturated rings. The lowest BCUT2D eigenvalue weighted by molar-refractivity contribution is 0.298. The van der Waals surface area contributed by atoms with Crippen molar-refractivity contribution in [1.82, 2.24) is 14.9 Å². The molecule has 0 bridgehead atoms. The Kier molecular flexibility index (Phi) is 10.5. The van der Waals surface area contributed by atoms with Crippen LogP contribution in [0.5, 0.6) is 11.5 Å². The summed E-state index contributed by atoms with van der Waals surface area (Å²) in [5, 5.41) is 29.9. The molecule has 3 N–H and O–H groups in total. The Morgan fingerprint density at radius 1 is 0.811 bits per heavy atom. The first-order valence-electron chi connectivity index (χ1n) is 12.3. The van der Waals surface area contributed by atoms with E-state index in [0.717, 1.165) is 17.8 Å². The first kappa shape index (κ1) is 27.7. The van der Waals surface area contributed by atoms with Crippen LogP contribution in [0.1, 0.15) is 36.1 Å². The molecule has 0 aromatic carbocycles. The van der Waals surface area contributed by atoms with Crippen molar-refractivity contribution in [2.24, 2.45) is 20.0 Å². The lowest BCUT2D eigenvalue weighted by Crippen LogP contribution is -2.31. The maximum absolute atomic E-state index is 9.99. The summed E-state index contributed by atoms with van der Waals surface area (Å²) < 4.78 is 0. The van der Waals surface area contributed by atoms with Gasteiger partial charge in [0.25, 0.3) is 0 Å². The van der Waals surface area contributed by atoms with E-state index in [4.69, 9.17) is 0 Å². The van der Waals surface area contributed by atoms with Crippen LogP contribution in [0.2, 0.25) is 0 Å². The summed E-state index contributed by atoms with van der Waals surface area (Å²) in [5.41, 5.74) is 3.02. The fourth-order valence-corrected chi connectivity index (χ4v) is 3.56. The molecule has 37 heavy (non-hydrogen) atoms. The molecule has 3 heterocycles. The van der Waals surface area contributed by atoms with E-state index in [1.54, 1.807) is 49.0 Å². The van der Waals surface area contributed by atoms with Crippen molar-refractivity contribution in [2.75, 3.05) is 39.3 Å². The Hall–Kier alpha value is -3.92. The first-order chi connectivity index (χ1) is 17.8. The molecule has 0 spiro atoms. The van der Waals surface area contributed by atoms with Crippen molar-refractivity contribution >= 4 is 24.4 Å². The van der Waals surface area contributed by atoms with Gasteiger partial charge in [-0.1, -0.05) is 0 Å². The number of nitrogens with zero attached hydrogens (tertiary/aromatic N) is 7. The number of hydrogen-bond donors (Lipinski definition) is 3. The first-order valence-corrected chi connectivity index (χ1v) is 12.3. The van der Waals surface area contributed by atoms with Gasteiger partial charge < -0.3 is 15.3 Å². The minimum atomic E-state index is 0.0974. The van der Waals surface area contributed by atoms with E-state index in [1.165, 1.54) is 0 Å². The lowest BCUT2D eigenvalue weighted by Gasteiger charge is -2.19. The summed E-state index contributed by atoms with van der Waals surface area (Å²) in [5.74, 6) is 0.365. The van der Waals surface area contributed by atoms with Gasteiger partial charge in [-0.25, -0.2) is 9.97 Å². The number of aromatic hydroxyl groups is 2. The largest absolute Gasteiger partial charge is 0.506 e. The number of hydrogen-bond acceptors (Lipinski definition) is 10. The zero-order chi connectivity index (χ0) is 26.6. The topological polar surface area (TPSA) is 139 Å². The maximum atomic E-state index is 9.99. The highest BCUT2D eigenvalue weighted by Gasteiger charge is 2.11. The fraction of sp³-hybridized carbons (Fsp3) is 0.407. The van der Waals surface area contributed by atoms with Gasteiger partial charge in [-0.15, -0.1) is 0 Å². The van der Waals surface area contributed by atoms with Crippen molar-refractivity contribution in [1.29, 1.82) is 0 Å². The molecule has 1 aliphatic rings. The summed E-state index contributed by atoms with van der Waals surface area (Å²) >= 11 is 0. The van der Waals surface area contributed by atoms with Crippen molar-refractivity contribution < 1.29 is 15.3 Å². The van der Waals surface area contributed by atoms with Gasteiger partial charge in [0.05, 0.1) is 44.3 Å². The number of aromatic nitrogens is 2. The molecule has 0 radical (unpaired) electrons. The Morgan fingerprint density at radius 2 is 1.30 bits per heavy atom. The molecule has 10 nitrogen and oxygen atoms in total. The molecule has 2 aromatic rings. The van der Waals surface area contributed by atoms with Crippen LogP contribution in [-0.2, 0) is 0 Å². The summed E-state index contributed by atoms with van der Waals surface area (Å²) in [4.78, 5) is 28.5. The van der Waals surface area contributed by atoms with E-state index in [2.05, 4.69) is 34.8 Å². The van der Waals surface area contributed by atoms with Crippen LogP contribution in [0.25, 0.3) is 0 Å². The van der Waals surface area contributed by atoms with Gasteiger partial charge in [0.1, 0.15) is 34.4 Å². The highest BCUT2D eigenvalue weighted by Crippen LogP contribution is 2.13. The Labute approximate surface area is 217 Å². The van der Waals surface area contributed by atoms with Crippen LogP contribution in [0, 0.1) is 13.8 Å². The minimum Gasteiger partial charge on any atom is -0.506 e. The smallest absolute Gasteiger partial charge is 0.142 e. The number of allylic oxidation sites excluding steroid dienone is 1. The van der Waals surface area contributed by atoms with Gasteiger partial charge in [0.15, 0.2) is 0 Å². The molecule has 0 aliphatic carbocycles. The average Bonchev–Trinajstić information content (AvgIpc) is 2.87. The Morgan fingerprint density at radius 3 is 1.81 bits per heavy atom. The van der Waals surface area contributed by atoms with Crippen LogP contribution >= 0.6 is 0 Å². The third kappa shape index (κ3) is 9.23. The Bertz CT molecular complexity index is 1140. The summed E-state index contributed by atoms with van der Waals surface area (Å²) in [6.45, 7) is 9.24. The Balaban J connectivity index is 1.57. The molecule has 10 heteroatoms. The highest BCUT2D eigenvalue weighted by molar-refractivity contribution is 6.37. The van der Waals surface area contributed by atoms with Crippen molar-refractivity contribution in [3.63, 3.8) is 0 Å². The van der Waals surface area contributed by atoms with E-state index >= 15 is 0 Å². The number of dihydropyridines is 1. The van der Waals surface area contributed by atoms with Gasteiger partial charge in [0.2, 0.25) is 0 Å². The molecule has 196 valence electrons. The molecule has 0 amide bonds. The van der Waals surface area contributed by atoms with Crippen LogP contribution in [0.4, 0.5) is 0 Å². The highest BCUT2D eigenvalue weighted by atomic mass is 16.3. The van der Waals surface area contributed by atoms with Crippen molar-refractivity contribution in [3.8, 4) is 11.5 Å². The molecule has 1 aliphatic heterocycles. The third-order valence-electron chi connectivity index (χ3n) is 5.63. The third-order valence-corrected chi connectivity index (χ3v) is 5.63. The van der Waals surface area contributed by atoms with Gasteiger partial charge >= 0.3 is 0 Å². The number of aliphatic hydroxyl groups is 1. The average molecular weight is 506 g/mol. The lowest BCUT2D eigenvalue weighted by atomic mass is 10.1. The predicted molar refractivity (Wildman–Crippen MR) is 148 cm³/mol. The number of pyridine rings is 2. The fourth-order valence-electron chi connectivity index (χ4n) is 3.56. The normalized spacial score (nSPS) is 16.3. The zero-order valence-corrected chi connectivity index (χ0v) is 21.6. The van der Waals surface area contributed by atoms with E-state index in [1.807, 2.05) is 20.8 Å². The SMILES string of the molecule is Cc1ccc(O)c(/C=N/CCN(CC/N=C/C2=NC(C)CC=C2O)CC/N=C/c2nc(C)ccc2O)n1.